The van der Waals surface area contributed by atoms with Crippen LogP contribution in [0.25, 0.3) is 0 Å². The molecule has 0 radical (unpaired) electrons. The second-order valence-corrected chi connectivity index (χ2v) is 6.08. The van der Waals surface area contributed by atoms with Gasteiger partial charge in [0.25, 0.3) is 5.91 Å². The van der Waals surface area contributed by atoms with E-state index in [2.05, 4.69) is 10.3 Å². The maximum Gasteiger partial charge on any atom is 0.274 e. The summed E-state index contributed by atoms with van der Waals surface area (Å²) < 4.78 is 40.2. The molecule has 0 aliphatic heterocycles. The van der Waals surface area contributed by atoms with E-state index < -0.39 is 29.0 Å². The first kappa shape index (κ1) is 19.4. The molecule has 0 saturated heterocycles. The molecule has 0 bridgehead atoms. The molecule has 1 aromatic heterocycles. The number of halogens is 3. The number of rotatable bonds is 6. The van der Waals surface area contributed by atoms with Crippen LogP contribution in [0.2, 0.25) is 0 Å². The van der Waals surface area contributed by atoms with E-state index in [1.807, 2.05) is 42.2 Å². The number of carbonyl (C=O) groups is 1. The van der Waals surface area contributed by atoms with Crippen LogP contribution in [0.5, 0.6) is 0 Å². The summed E-state index contributed by atoms with van der Waals surface area (Å²) in [7, 11) is 0. The van der Waals surface area contributed by atoms with Gasteiger partial charge in [0.1, 0.15) is 5.69 Å². The van der Waals surface area contributed by atoms with Crippen LogP contribution in [0, 0.1) is 17.5 Å². The minimum atomic E-state index is -1.64. The Balaban J connectivity index is 1.80. The summed E-state index contributed by atoms with van der Waals surface area (Å²) in [6.45, 7) is 3.32. The number of hydrogen-bond donors (Lipinski definition) is 1. The molecular weight excluding hydrogens is 367 g/mol. The van der Waals surface area contributed by atoms with Crippen molar-refractivity contribution in [2.75, 3.05) is 16.8 Å². The second-order valence-electron chi connectivity index (χ2n) is 6.08. The van der Waals surface area contributed by atoms with Crippen LogP contribution in [0.1, 0.15) is 23.0 Å². The lowest BCUT2D eigenvalue weighted by atomic mass is 10.2. The summed E-state index contributed by atoms with van der Waals surface area (Å²) in [6.07, 6.45) is 1.47. The highest BCUT2D eigenvalue weighted by molar-refractivity contribution is 6.03. The van der Waals surface area contributed by atoms with Gasteiger partial charge in [0.05, 0.1) is 5.69 Å². The number of nitrogens with one attached hydrogen (secondary N) is 1. The Morgan fingerprint density at radius 3 is 2.50 bits per heavy atom. The lowest BCUT2D eigenvalue weighted by Gasteiger charge is -2.23. The van der Waals surface area contributed by atoms with Gasteiger partial charge in [-0.15, -0.1) is 0 Å². The first-order valence-electron chi connectivity index (χ1n) is 8.69. The molecule has 1 N–H and O–H groups in total. The van der Waals surface area contributed by atoms with Crippen LogP contribution in [0.15, 0.2) is 60.8 Å². The topological polar surface area (TPSA) is 45.2 Å². The molecule has 0 aliphatic carbocycles. The van der Waals surface area contributed by atoms with Gasteiger partial charge in [0, 0.05) is 25.0 Å². The molecule has 144 valence electrons. The number of nitrogens with zero attached hydrogens (tertiary/aromatic N) is 2. The summed E-state index contributed by atoms with van der Waals surface area (Å²) in [4.78, 5) is 18.5. The van der Waals surface area contributed by atoms with Crippen LogP contribution >= 0.6 is 0 Å². The quantitative estimate of drug-likeness (QED) is 0.622. The molecule has 0 spiro atoms. The van der Waals surface area contributed by atoms with Gasteiger partial charge in [-0.25, -0.2) is 13.2 Å². The number of benzene rings is 2. The van der Waals surface area contributed by atoms with Crippen LogP contribution in [-0.4, -0.2) is 17.4 Å². The molecule has 0 saturated carbocycles. The maximum atomic E-state index is 13.8. The largest absolute Gasteiger partial charge is 0.367 e. The van der Waals surface area contributed by atoms with Crippen LogP contribution in [-0.2, 0) is 6.54 Å². The summed E-state index contributed by atoms with van der Waals surface area (Å²) in [6, 6.07) is 14.9. The SMILES string of the molecule is CCN(Cc1ccccc1)c1ccnc(C(=O)Nc2ccc(F)c(F)c2F)c1. The van der Waals surface area contributed by atoms with E-state index in [0.717, 1.165) is 23.4 Å². The van der Waals surface area contributed by atoms with Crippen molar-refractivity contribution in [3.8, 4) is 0 Å². The summed E-state index contributed by atoms with van der Waals surface area (Å²) >= 11 is 0. The molecule has 0 atom stereocenters. The average Bonchev–Trinajstić information content (AvgIpc) is 2.73. The highest BCUT2D eigenvalue weighted by Crippen LogP contribution is 2.21. The Labute approximate surface area is 160 Å². The minimum Gasteiger partial charge on any atom is -0.367 e. The first-order valence-corrected chi connectivity index (χ1v) is 8.69. The number of carbonyl (C=O) groups excluding carboxylic acids is 1. The molecule has 1 amide bonds. The second kappa shape index (κ2) is 8.56. The molecule has 28 heavy (non-hydrogen) atoms. The van der Waals surface area contributed by atoms with Gasteiger partial charge < -0.3 is 10.2 Å². The summed E-state index contributed by atoms with van der Waals surface area (Å²) in [5, 5.41) is 2.23. The van der Waals surface area contributed by atoms with Gasteiger partial charge >= 0.3 is 0 Å². The fourth-order valence-corrected chi connectivity index (χ4v) is 2.74. The van der Waals surface area contributed by atoms with Crippen LogP contribution in [0.3, 0.4) is 0 Å². The number of amides is 1. The summed E-state index contributed by atoms with van der Waals surface area (Å²) in [5.74, 6) is -5.14. The van der Waals surface area contributed by atoms with E-state index >= 15 is 0 Å². The van der Waals surface area contributed by atoms with Crippen molar-refractivity contribution >= 4 is 17.3 Å². The number of anilines is 2. The fraction of sp³-hybridized carbons (Fsp3) is 0.143. The predicted molar refractivity (Wildman–Crippen MR) is 102 cm³/mol. The maximum absolute atomic E-state index is 13.8. The average molecular weight is 385 g/mol. The fourth-order valence-electron chi connectivity index (χ4n) is 2.74. The molecule has 4 nitrogen and oxygen atoms in total. The van der Waals surface area contributed by atoms with Crippen molar-refractivity contribution in [2.24, 2.45) is 0 Å². The Morgan fingerprint density at radius 1 is 1.04 bits per heavy atom. The monoisotopic (exact) mass is 385 g/mol. The van der Waals surface area contributed by atoms with Gasteiger partial charge in [0.2, 0.25) is 0 Å². The Morgan fingerprint density at radius 2 is 1.79 bits per heavy atom. The van der Waals surface area contributed by atoms with Gasteiger partial charge in [-0.3, -0.25) is 9.78 Å². The van der Waals surface area contributed by atoms with Crippen molar-refractivity contribution in [3.05, 3.63) is 89.5 Å². The highest BCUT2D eigenvalue weighted by atomic mass is 19.2. The van der Waals surface area contributed by atoms with E-state index in [4.69, 9.17) is 0 Å². The molecule has 0 fully saturated rings. The summed E-state index contributed by atoms with van der Waals surface area (Å²) in [5.41, 5.74) is 1.45. The molecule has 3 rings (SSSR count). The van der Waals surface area contributed by atoms with E-state index in [-0.39, 0.29) is 5.69 Å². The van der Waals surface area contributed by atoms with Crippen molar-refractivity contribution in [1.29, 1.82) is 0 Å². The molecular formula is C21H18F3N3O. The Hall–Kier alpha value is -3.35. The van der Waals surface area contributed by atoms with Crippen molar-refractivity contribution in [2.45, 2.75) is 13.5 Å². The van der Waals surface area contributed by atoms with E-state index in [9.17, 15) is 18.0 Å². The lowest BCUT2D eigenvalue weighted by molar-refractivity contribution is 0.102. The molecule has 2 aromatic carbocycles. The number of hydrogen-bond acceptors (Lipinski definition) is 3. The molecule has 3 aromatic rings. The lowest BCUT2D eigenvalue weighted by Crippen LogP contribution is -2.23. The third-order valence-electron chi connectivity index (χ3n) is 4.22. The van der Waals surface area contributed by atoms with Gasteiger partial charge in [0.15, 0.2) is 17.5 Å². The van der Waals surface area contributed by atoms with Gasteiger partial charge in [-0.1, -0.05) is 30.3 Å². The van der Waals surface area contributed by atoms with Gasteiger partial charge in [-0.05, 0) is 36.8 Å². The highest BCUT2D eigenvalue weighted by Gasteiger charge is 2.17. The van der Waals surface area contributed by atoms with Crippen molar-refractivity contribution < 1.29 is 18.0 Å². The zero-order valence-corrected chi connectivity index (χ0v) is 15.1. The minimum absolute atomic E-state index is 0.0353. The van der Waals surface area contributed by atoms with Gasteiger partial charge in [-0.2, -0.15) is 0 Å². The van der Waals surface area contributed by atoms with E-state index in [1.54, 1.807) is 12.1 Å². The van der Waals surface area contributed by atoms with Crippen LogP contribution in [0.4, 0.5) is 24.5 Å². The third-order valence-corrected chi connectivity index (χ3v) is 4.22. The Bertz CT molecular complexity index is 980. The van der Waals surface area contributed by atoms with E-state index in [1.165, 1.54) is 6.20 Å². The predicted octanol–water partition coefficient (Wildman–Crippen LogP) is 4.78. The first-order chi connectivity index (χ1) is 13.5. The number of pyridine rings is 1. The molecule has 1 heterocycles. The Kier molecular flexibility index (Phi) is 5.93. The number of aromatic nitrogens is 1. The van der Waals surface area contributed by atoms with Crippen LogP contribution < -0.4 is 10.2 Å². The smallest absolute Gasteiger partial charge is 0.274 e. The zero-order chi connectivity index (χ0) is 20.1. The van der Waals surface area contributed by atoms with Crippen molar-refractivity contribution in [1.82, 2.24) is 4.98 Å². The third kappa shape index (κ3) is 4.31. The van der Waals surface area contributed by atoms with E-state index in [0.29, 0.717) is 13.1 Å². The molecule has 7 heteroatoms. The normalized spacial score (nSPS) is 10.6. The van der Waals surface area contributed by atoms with Crippen molar-refractivity contribution in [3.63, 3.8) is 0 Å². The zero-order valence-electron chi connectivity index (χ0n) is 15.1. The standard InChI is InChI=1S/C21H18F3N3O/c1-2-27(13-14-6-4-3-5-7-14)15-10-11-25-18(12-15)21(28)26-17-9-8-16(22)19(23)20(17)24/h3-12H,2,13H2,1H3,(H,26,28). The molecule has 0 aliphatic rings. The molecule has 0 unspecified atom stereocenters.